The van der Waals surface area contributed by atoms with Crippen LogP contribution in [0.1, 0.15) is 10.4 Å². The third-order valence-corrected chi connectivity index (χ3v) is 2.58. The van der Waals surface area contributed by atoms with Crippen LogP contribution in [0, 0.1) is 10.1 Å². The number of anilines is 1. The first-order valence-electron chi connectivity index (χ1n) is 5.40. The highest BCUT2D eigenvalue weighted by Crippen LogP contribution is 2.18. The molecular weight excluding hydrogens is 270 g/mol. The van der Waals surface area contributed by atoms with E-state index >= 15 is 0 Å². The largest absolute Gasteiger partial charge is 0.383 e. The fraction of sp³-hybridized carbons (Fsp3) is 0.200. The lowest BCUT2D eigenvalue weighted by molar-refractivity contribution is -0.385. The number of carbonyl (C=O) groups is 3. The number of piperazine rings is 1. The number of hydrogen-bond donors (Lipinski definition) is 2. The van der Waals surface area contributed by atoms with Gasteiger partial charge in [-0.05, 0) is 0 Å². The molecule has 1 saturated heterocycles. The summed E-state index contributed by atoms with van der Waals surface area (Å²) in [4.78, 5) is 49.0. The molecular formula is C10H9N5O5. The lowest BCUT2D eigenvalue weighted by Gasteiger charge is -2.25. The summed E-state index contributed by atoms with van der Waals surface area (Å²) >= 11 is 0. The number of carbonyl (C=O) groups excluding carboxylic acids is 3. The fourth-order valence-electron chi connectivity index (χ4n) is 1.69. The molecule has 0 saturated carbocycles. The maximum Gasteiger partial charge on any atom is 0.288 e. The molecule has 10 heteroatoms. The van der Waals surface area contributed by atoms with E-state index in [2.05, 4.69) is 4.98 Å². The van der Waals surface area contributed by atoms with Crippen molar-refractivity contribution in [3.05, 3.63) is 27.9 Å². The molecule has 0 radical (unpaired) electrons. The summed E-state index contributed by atoms with van der Waals surface area (Å²) in [6, 6.07) is 0.960. The predicted molar refractivity (Wildman–Crippen MR) is 64.4 cm³/mol. The summed E-state index contributed by atoms with van der Waals surface area (Å²) in [5.74, 6) is -2.24. The molecule has 3 amide bonds. The van der Waals surface area contributed by atoms with Gasteiger partial charge < -0.3 is 10.6 Å². The van der Waals surface area contributed by atoms with Gasteiger partial charge in [0.15, 0.2) is 0 Å². The Balaban J connectivity index is 2.33. The van der Waals surface area contributed by atoms with Crippen molar-refractivity contribution in [2.75, 3.05) is 18.8 Å². The van der Waals surface area contributed by atoms with Crippen molar-refractivity contribution in [3.63, 3.8) is 0 Å². The second-order valence-electron chi connectivity index (χ2n) is 4.02. The Morgan fingerprint density at radius 2 is 2.00 bits per heavy atom. The van der Waals surface area contributed by atoms with Gasteiger partial charge in [0.25, 0.3) is 11.6 Å². The Morgan fingerprint density at radius 3 is 2.55 bits per heavy atom. The molecule has 0 aliphatic carbocycles. The predicted octanol–water partition coefficient (Wildman–Crippen LogP) is -1.33. The molecule has 0 atom stereocenters. The number of nitrogens with zero attached hydrogens (tertiary/aromatic N) is 3. The van der Waals surface area contributed by atoms with Gasteiger partial charge in [0.05, 0.1) is 10.5 Å². The van der Waals surface area contributed by atoms with Crippen LogP contribution in [-0.4, -0.2) is 45.6 Å². The molecule has 1 fully saturated rings. The van der Waals surface area contributed by atoms with E-state index in [0.29, 0.717) is 0 Å². The third kappa shape index (κ3) is 2.53. The van der Waals surface area contributed by atoms with Crippen molar-refractivity contribution in [1.82, 2.24) is 15.2 Å². The topological polar surface area (TPSA) is 149 Å². The highest BCUT2D eigenvalue weighted by molar-refractivity contribution is 6.07. The number of aromatic nitrogens is 1. The number of amides is 3. The average molecular weight is 279 g/mol. The number of hydrogen-bond acceptors (Lipinski definition) is 7. The average Bonchev–Trinajstić information content (AvgIpc) is 2.37. The zero-order valence-electron chi connectivity index (χ0n) is 10.0. The van der Waals surface area contributed by atoms with Gasteiger partial charge in [-0.3, -0.25) is 29.8 Å². The van der Waals surface area contributed by atoms with Gasteiger partial charge >= 0.3 is 0 Å². The molecule has 0 unspecified atom stereocenters. The Bertz CT molecular complexity index is 612. The van der Waals surface area contributed by atoms with E-state index in [4.69, 9.17) is 5.73 Å². The van der Waals surface area contributed by atoms with Crippen LogP contribution in [0.4, 0.5) is 11.5 Å². The summed E-state index contributed by atoms with van der Waals surface area (Å²) in [6.07, 6.45) is 0.917. The normalized spacial score (nSPS) is 14.9. The van der Waals surface area contributed by atoms with Gasteiger partial charge in [0.1, 0.15) is 25.1 Å². The quantitative estimate of drug-likeness (QED) is 0.387. The maximum absolute atomic E-state index is 12.1. The summed E-state index contributed by atoms with van der Waals surface area (Å²) in [5, 5.41) is 12.7. The molecule has 2 rings (SSSR count). The molecule has 104 valence electrons. The van der Waals surface area contributed by atoms with Crippen LogP contribution in [0.15, 0.2) is 12.3 Å². The molecule has 0 aromatic carbocycles. The van der Waals surface area contributed by atoms with E-state index in [1.807, 2.05) is 5.32 Å². The molecule has 0 spiro atoms. The zero-order valence-corrected chi connectivity index (χ0v) is 10.0. The van der Waals surface area contributed by atoms with Crippen molar-refractivity contribution in [3.8, 4) is 0 Å². The van der Waals surface area contributed by atoms with Gasteiger partial charge in [-0.15, -0.1) is 0 Å². The van der Waals surface area contributed by atoms with E-state index in [1.165, 1.54) is 0 Å². The zero-order chi connectivity index (χ0) is 14.9. The number of nitro groups is 1. The lowest BCUT2D eigenvalue weighted by atomic mass is 10.2. The molecule has 0 bridgehead atoms. The number of nitrogens with two attached hydrogens (primary N) is 1. The van der Waals surface area contributed by atoms with Gasteiger partial charge in [-0.25, -0.2) is 4.98 Å². The van der Waals surface area contributed by atoms with Crippen LogP contribution >= 0.6 is 0 Å². The van der Waals surface area contributed by atoms with Crippen molar-refractivity contribution in [2.24, 2.45) is 0 Å². The minimum atomic E-state index is -0.762. The first-order valence-corrected chi connectivity index (χ1v) is 5.40. The second kappa shape index (κ2) is 4.91. The van der Waals surface area contributed by atoms with E-state index < -0.39 is 28.3 Å². The van der Waals surface area contributed by atoms with E-state index in [9.17, 15) is 24.5 Å². The molecule has 2 heterocycles. The molecule has 1 aromatic rings. The fourth-order valence-corrected chi connectivity index (χ4v) is 1.69. The number of nitrogens with one attached hydrogen (secondary N) is 1. The monoisotopic (exact) mass is 279 g/mol. The second-order valence-corrected chi connectivity index (χ2v) is 4.02. The number of pyridine rings is 1. The van der Waals surface area contributed by atoms with Crippen LogP contribution in [-0.2, 0) is 9.59 Å². The Labute approximate surface area is 111 Å². The minimum Gasteiger partial charge on any atom is -0.383 e. The molecule has 1 aromatic heterocycles. The van der Waals surface area contributed by atoms with Gasteiger partial charge in [-0.2, -0.15) is 0 Å². The Kier molecular flexibility index (Phi) is 3.29. The number of imide groups is 1. The highest BCUT2D eigenvalue weighted by atomic mass is 16.6. The van der Waals surface area contributed by atoms with Gasteiger partial charge in [0, 0.05) is 6.07 Å². The van der Waals surface area contributed by atoms with E-state index in [-0.39, 0.29) is 24.5 Å². The summed E-state index contributed by atoms with van der Waals surface area (Å²) in [7, 11) is 0. The molecule has 1 aliphatic rings. The van der Waals surface area contributed by atoms with E-state index in [0.717, 1.165) is 17.2 Å². The highest BCUT2D eigenvalue weighted by Gasteiger charge is 2.29. The van der Waals surface area contributed by atoms with Crippen LogP contribution < -0.4 is 11.1 Å². The van der Waals surface area contributed by atoms with Gasteiger partial charge in [0.2, 0.25) is 11.8 Å². The first kappa shape index (κ1) is 13.4. The molecule has 3 N–H and O–H groups in total. The molecule has 20 heavy (non-hydrogen) atoms. The minimum absolute atomic E-state index is 0.209. The van der Waals surface area contributed by atoms with E-state index in [1.54, 1.807) is 0 Å². The maximum atomic E-state index is 12.1. The SMILES string of the molecule is Nc1ncc([N+](=O)[O-])cc1C(=O)N1CC(=O)NC(=O)C1. The first-order chi connectivity index (χ1) is 9.38. The van der Waals surface area contributed by atoms with Crippen LogP contribution in [0.3, 0.4) is 0 Å². The van der Waals surface area contributed by atoms with Crippen molar-refractivity contribution in [2.45, 2.75) is 0 Å². The van der Waals surface area contributed by atoms with Crippen molar-refractivity contribution < 1.29 is 19.3 Å². The van der Waals surface area contributed by atoms with Crippen LogP contribution in [0.2, 0.25) is 0 Å². The smallest absolute Gasteiger partial charge is 0.288 e. The summed E-state index contributed by atoms with van der Waals surface area (Å²) in [6.45, 7) is -0.653. The van der Waals surface area contributed by atoms with Crippen LogP contribution in [0.5, 0.6) is 0 Å². The number of rotatable bonds is 2. The third-order valence-electron chi connectivity index (χ3n) is 2.58. The van der Waals surface area contributed by atoms with Gasteiger partial charge in [-0.1, -0.05) is 0 Å². The Morgan fingerprint density at radius 1 is 1.40 bits per heavy atom. The number of nitrogen functional groups attached to an aromatic ring is 1. The molecule has 10 nitrogen and oxygen atoms in total. The van der Waals surface area contributed by atoms with Crippen molar-refractivity contribution >= 4 is 29.2 Å². The Hall–Kier alpha value is -3.04. The summed E-state index contributed by atoms with van der Waals surface area (Å²) < 4.78 is 0. The lowest BCUT2D eigenvalue weighted by Crippen LogP contribution is -2.53. The summed E-state index contributed by atoms with van der Waals surface area (Å²) in [5.41, 5.74) is 4.87. The van der Waals surface area contributed by atoms with Crippen LogP contribution in [0.25, 0.3) is 0 Å². The standard InChI is InChI=1S/C10H9N5O5/c11-9-6(1-5(2-12-9)15(19)20)10(18)14-3-7(16)13-8(17)4-14/h1-2H,3-4H2,(H2,11,12)(H,13,16,17). The van der Waals surface area contributed by atoms with Crippen molar-refractivity contribution in [1.29, 1.82) is 0 Å². The molecule has 1 aliphatic heterocycles.